The Balaban J connectivity index is 2.51. The Morgan fingerprint density at radius 1 is 1.47 bits per heavy atom. The minimum atomic E-state index is -0.220. The zero-order valence-corrected chi connectivity index (χ0v) is 13.8. The Hall–Kier alpha value is -0.420. The van der Waals surface area contributed by atoms with Crippen molar-refractivity contribution in [3.8, 4) is 0 Å². The molecule has 2 aromatic rings. The molecular weight excluding hydrogens is 349 g/mol. The zero-order valence-electron chi connectivity index (χ0n) is 10.6. The lowest BCUT2D eigenvalue weighted by molar-refractivity contribution is 0.560. The molecule has 1 N–H and O–H groups in total. The molecule has 1 unspecified atom stereocenters. The first-order valence-electron chi connectivity index (χ1n) is 5.97. The second kappa shape index (κ2) is 6.35. The van der Waals surface area contributed by atoms with Gasteiger partial charge in [-0.2, -0.15) is 0 Å². The van der Waals surface area contributed by atoms with E-state index in [2.05, 4.69) is 21.2 Å². The third-order valence-corrected chi connectivity index (χ3v) is 5.17. The molecule has 0 spiro atoms. The molecule has 102 valence electrons. The van der Waals surface area contributed by atoms with Crippen LogP contribution >= 0.6 is 38.9 Å². The third kappa shape index (κ3) is 3.19. The molecule has 19 heavy (non-hydrogen) atoms. The average molecular weight is 363 g/mol. The maximum Gasteiger partial charge on any atom is 0.129 e. The van der Waals surface area contributed by atoms with Gasteiger partial charge in [0, 0.05) is 14.9 Å². The highest BCUT2D eigenvalue weighted by Gasteiger charge is 2.22. The summed E-state index contributed by atoms with van der Waals surface area (Å²) in [6.07, 6.45) is 0. The highest BCUT2D eigenvalue weighted by molar-refractivity contribution is 9.10. The maximum atomic E-state index is 14.1. The fourth-order valence-electron chi connectivity index (χ4n) is 1.96. The normalized spacial score (nSPS) is 12.7. The van der Waals surface area contributed by atoms with Crippen LogP contribution < -0.4 is 5.32 Å². The monoisotopic (exact) mass is 361 g/mol. The molecule has 1 aromatic carbocycles. The van der Waals surface area contributed by atoms with E-state index in [1.54, 1.807) is 6.07 Å². The lowest BCUT2D eigenvalue weighted by Crippen LogP contribution is -2.22. The molecule has 0 saturated carbocycles. The molecule has 2 rings (SSSR count). The molecule has 0 aliphatic heterocycles. The van der Waals surface area contributed by atoms with Gasteiger partial charge in [-0.15, -0.1) is 11.3 Å². The fraction of sp³-hybridized carbons (Fsp3) is 0.286. The maximum absolute atomic E-state index is 14.1. The van der Waals surface area contributed by atoms with Crippen molar-refractivity contribution in [1.82, 2.24) is 5.32 Å². The molecule has 1 nitrogen and oxygen atoms in total. The Morgan fingerprint density at radius 3 is 2.74 bits per heavy atom. The second-order valence-electron chi connectivity index (χ2n) is 4.23. The molecule has 0 radical (unpaired) electrons. The van der Waals surface area contributed by atoms with Crippen LogP contribution in [0.4, 0.5) is 4.39 Å². The Morgan fingerprint density at radius 2 is 2.21 bits per heavy atom. The highest BCUT2D eigenvalue weighted by atomic mass is 79.9. The van der Waals surface area contributed by atoms with Crippen LogP contribution in [0.15, 0.2) is 28.7 Å². The summed E-state index contributed by atoms with van der Waals surface area (Å²) >= 11 is 11.0. The van der Waals surface area contributed by atoms with Gasteiger partial charge in [0.2, 0.25) is 0 Å². The van der Waals surface area contributed by atoms with Crippen molar-refractivity contribution in [2.24, 2.45) is 0 Å². The van der Waals surface area contributed by atoms with Gasteiger partial charge in [-0.1, -0.05) is 40.5 Å². The lowest BCUT2D eigenvalue weighted by Gasteiger charge is -2.19. The summed E-state index contributed by atoms with van der Waals surface area (Å²) < 4.78 is 15.6. The van der Waals surface area contributed by atoms with Gasteiger partial charge in [0.15, 0.2) is 0 Å². The van der Waals surface area contributed by atoms with Crippen molar-refractivity contribution in [3.05, 3.63) is 54.9 Å². The van der Waals surface area contributed by atoms with E-state index in [4.69, 9.17) is 11.6 Å². The van der Waals surface area contributed by atoms with E-state index in [-0.39, 0.29) is 11.9 Å². The Bertz CT molecular complexity index is 545. The van der Waals surface area contributed by atoms with Crippen LogP contribution in [0.2, 0.25) is 4.34 Å². The number of thiophene rings is 1. The molecule has 1 heterocycles. The minimum absolute atomic E-state index is 0.184. The summed E-state index contributed by atoms with van der Waals surface area (Å²) in [4.78, 5) is 1.02. The molecular formula is C14H14BrClFNS. The van der Waals surface area contributed by atoms with Crippen molar-refractivity contribution in [2.45, 2.75) is 19.9 Å². The van der Waals surface area contributed by atoms with Crippen LogP contribution in [-0.4, -0.2) is 6.54 Å². The number of aryl methyl sites for hydroxylation is 1. The van der Waals surface area contributed by atoms with E-state index in [0.717, 1.165) is 25.8 Å². The van der Waals surface area contributed by atoms with Gasteiger partial charge < -0.3 is 5.32 Å². The van der Waals surface area contributed by atoms with Crippen LogP contribution in [0.1, 0.15) is 29.0 Å². The summed E-state index contributed by atoms with van der Waals surface area (Å²) in [5.41, 5.74) is 1.65. The molecule has 1 aromatic heterocycles. The predicted octanol–water partition coefficient (Wildman–Crippen LogP) is 5.31. The lowest BCUT2D eigenvalue weighted by atomic mass is 10.0. The molecule has 1 atom stereocenters. The standard InChI is InChI=1S/C14H14BrClFNS/c1-3-18-13(11-7-8(2)14(16)19-11)12-9(15)5-4-6-10(12)17/h4-7,13,18H,3H2,1-2H3. The number of nitrogens with one attached hydrogen (secondary N) is 1. The Kier molecular flexibility index (Phi) is 5.01. The van der Waals surface area contributed by atoms with E-state index in [0.29, 0.717) is 5.56 Å². The van der Waals surface area contributed by atoms with Gasteiger partial charge in [-0.25, -0.2) is 4.39 Å². The quantitative estimate of drug-likeness (QED) is 0.777. The zero-order chi connectivity index (χ0) is 14.0. The summed E-state index contributed by atoms with van der Waals surface area (Å²) in [5.74, 6) is -0.220. The molecule has 5 heteroatoms. The van der Waals surface area contributed by atoms with Crippen molar-refractivity contribution in [1.29, 1.82) is 0 Å². The van der Waals surface area contributed by atoms with Crippen LogP contribution in [0.25, 0.3) is 0 Å². The average Bonchev–Trinajstić information content (AvgIpc) is 2.68. The van der Waals surface area contributed by atoms with Gasteiger partial charge >= 0.3 is 0 Å². The van der Waals surface area contributed by atoms with E-state index in [1.807, 2.05) is 26.0 Å². The van der Waals surface area contributed by atoms with Gasteiger partial charge in [0.05, 0.1) is 10.4 Å². The molecule has 0 saturated heterocycles. The smallest absolute Gasteiger partial charge is 0.129 e. The summed E-state index contributed by atoms with van der Waals surface area (Å²) in [7, 11) is 0. The molecule has 0 aliphatic carbocycles. The summed E-state index contributed by atoms with van der Waals surface area (Å²) in [5, 5.41) is 3.32. The number of halogens is 3. The van der Waals surface area contributed by atoms with Crippen molar-refractivity contribution in [2.75, 3.05) is 6.54 Å². The molecule has 0 fully saturated rings. The number of hydrogen-bond donors (Lipinski definition) is 1. The SMILES string of the molecule is CCNC(c1cc(C)c(Cl)s1)c1c(F)cccc1Br. The van der Waals surface area contributed by atoms with Crippen LogP contribution in [0.5, 0.6) is 0 Å². The number of benzene rings is 1. The summed E-state index contributed by atoms with van der Waals surface area (Å²) in [6, 6.07) is 6.85. The largest absolute Gasteiger partial charge is 0.306 e. The molecule has 0 aliphatic rings. The molecule has 0 bridgehead atoms. The second-order valence-corrected chi connectivity index (χ2v) is 6.77. The van der Waals surface area contributed by atoms with Crippen molar-refractivity contribution in [3.63, 3.8) is 0 Å². The Labute approximate surface area is 129 Å². The van der Waals surface area contributed by atoms with Gasteiger partial charge in [-0.3, -0.25) is 0 Å². The van der Waals surface area contributed by atoms with Crippen LogP contribution in [0, 0.1) is 12.7 Å². The first-order valence-corrected chi connectivity index (χ1v) is 7.96. The van der Waals surface area contributed by atoms with E-state index < -0.39 is 0 Å². The van der Waals surface area contributed by atoms with E-state index in [1.165, 1.54) is 17.4 Å². The van der Waals surface area contributed by atoms with Gasteiger partial charge in [-0.05, 0) is 37.2 Å². The number of hydrogen-bond acceptors (Lipinski definition) is 2. The fourth-order valence-corrected chi connectivity index (χ4v) is 3.84. The van der Waals surface area contributed by atoms with Crippen LogP contribution in [-0.2, 0) is 0 Å². The minimum Gasteiger partial charge on any atom is -0.306 e. The highest BCUT2D eigenvalue weighted by Crippen LogP contribution is 2.37. The third-order valence-electron chi connectivity index (χ3n) is 2.86. The van der Waals surface area contributed by atoms with E-state index in [9.17, 15) is 4.39 Å². The predicted molar refractivity (Wildman–Crippen MR) is 83.7 cm³/mol. The van der Waals surface area contributed by atoms with Gasteiger partial charge in [0.1, 0.15) is 5.82 Å². The van der Waals surface area contributed by atoms with Crippen LogP contribution in [0.3, 0.4) is 0 Å². The van der Waals surface area contributed by atoms with Crippen molar-refractivity contribution < 1.29 is 4.39 Å². The topological polar surface area (TPSA) is 12.0 Å². The van der Waals surface area contributed by atoms with Crippen molar-refractivity contribution >= 4 is 38.9 Å². The first kappa shape index (κ1) is 15.0. The first-order chi connectivity index (χ1) is 9.04. The van der Waals surface area contributed by atoms with Gasteiger partial charge in [0.25, 0.3) is 0 Å². The number of rotatable bonds is 4. The summed E-state index contributed by atoms with van der Waals surface area (Å²) in [6.45, 7) is 4.71. The molecule has 0 amide bonds. The van der Waals surface area contributed by atoms with E-state index >= 15 is 0 Å².